The number of carbonyl (C=O) groups excluding carboxylic acids is 20. The van der Waals surface area contributed by atoms with E-state index in [0.717, 1.165) is 135 Å². The van der Waals surface area contributed by atoms with Gasteiger partial charge in [0.25, 0.3) is 0 Å². The van der Waals surface area contributed by atoms with Gasteiger partial charge in [-0.25, -0.2) is 0 Å². The molecule has 0 aromatic carbocycles. The Hall–Kier alpha value is -10.6. The molecule has 0 aliphatic carbocycles. The van der Waals surface area contributed by atoms with E-state index < -0.39 is 337 Å². The summed E-state index contributed by atoms with van der Waals surface area (Å²) in [6, 6.07) is 0. The Bertz CT molecular complexity index is 4360. The van der Waals surface area contributed by atoms with E-state index in [4.69, 9.17) is 94.7 Å². The summed E-state index contributed by atoms with van der Waals surface area (Å²) in [5.74, 6) is -21.3. The maximum Gasteiger partial charge on any atom is 0.311 e. The van der Waals surface area contributed by atoms with Gasteiger partial charge in [-0.3, -0.25) is 95.9 Å². The summed E-state index contributed by atoms with van der Waals surface area (Å²) >= 11 is 0. The molecule has 0 bridgehead atoms. The summed E-state index contributed by atoms with van der Waals surface area (Å²) < 4.78 is 108. The summed E-state index contributed by atoms with van der Waals surface area (Å²) in [6.07, 6.45) is -12.0. The highest BCUT2D eigenvalue weighted by molar-refractivity contribution is 5.91. The van der Waals surface area contributed by atoms with Crippen molar-refractivity contribution in [2.45, 2.75) is 274 Å². The fourth-order valence-electron chi connectivity index (χ4n) is 25.2. The van der Waals surface area contributed by atoms with Crippen LogP contribution in [0, 0.1) is 109 Å². The highest BCUT2D eigenvalue weighted by atomic mass is 16.6. The second-order valence-corrected chi connectivity index (χ2v) is 44.2. The second-order valence-electron chi connectivity index (χ2n) is 44.2. The smallest absolute Gasteiger partial charge is 0.311 e. The normalized spacial score (nSPS) is 19.9. The van der Waals surface area contributed by atoms with Gasteiger partial charge in [-0.2, -0.15) is 0 Å². The second kappa shape index (κ2) is 50.1. The first-order chi connectivity index (χ1) is 64.3. The molecule has 0 aromatic heterocycles. The number of rotatable bonds is 59. The average Bonchev–Trinajstić information content (AvgIpc) is 0.690. The molecule has 0 N–H and O–H groups in total. The Morgan fingerprint density at radius 3 is 0.305 bits per heavy atom. The first-order valence-corrected chi connectivity index (χ1v) is 46.0. The van der Waals surface area contributed by atoms with Crippen molar-refractivity contribution in [2.75, 3.05) is 142 Å². The number of carbonyl (C=O) groups is 20. The van der Waals surface area contributed by atoms with Crippen LogP contribution in [0.3, 0.4) is 0 Å². The van der Waals surface area contributed by atoms with Crippen molar-refractivity contribution in [1.82, 2.24) is 0 Å². The van der Waals surface area contributed by atoms with Crippen LogP contribution in [0.4, 0.5) is 0 Å². The van der Waals surface area contributed by atoms with Gasteiger partial charge in [-0.15, -0.1) is 0 Å². The van der Waals surface area contributed by atoms with E-state index in [1.165, 1.54) is 139 Å². The van der Waals surface area contributed by atoms with Crippen LogP contribution >= 0.6 is 0 Å². The standard InChI is InChI=1S/C101H164O40/c1-42-83(3,64(103)123-23)44-85(5,66(105)125-25)46-87(7,68(107)127-27)48-89(9,70(109)129-29)50-91(11,72(111)131-31)52-93(13,74(113)133-33)54-95(15,76(115)135-35)56-97(17,78(117)137-37)58-99(19,80(119)139-39)60-101(21,82(121)141-41)61-100(20,81(120)140-40)59-98(18,79(118)138-38)57-96(16,77(116)136-36)55-94(14,75(114)134-34)53-92(12,73(112)132-32)51-90(10,71(110)130-30)49-88(8,69(108)128-28)47-86(6,67(106)126-26)45-84(4,65(104)124-24)43-62(2)63(102)122-22/h62H,42-61H2,1-41H3. The lowest BCUT2D eigenvalue weighted by molar-refractivity contribution is -0.178. The molecule has 0 spiro atoms. The van der Waals surface area contributed by atoms with Crippen LogP contribution in [-0.2, 0) is 191 Å². The van der Waals surface area contributed by atoms with E-state index in [1.807, 2.05) is 0 Å². The molecule has 40 nitrogen and oxygen atoms in total. The first-order valence-electron chi connectivity index (χ1n) is 46.0. The summed E-state index contributed by atoms with van der Waals surface area (Å²) in [5.41, 5.74) is -38.7. The quantitative estimate of drug-likeness (QED) is 0.0403. The van der Waals surface area contributed by atoms with Gasteiger partial charge in [-0.1, -0.05) is 13.8 Å². The Balaban J connectivity index is 9.35. The molecular weight excluding hydrogens is 1850 g/mol. The van der Waals surface area contributed by atoms with Gasteiger partial charge in [0, 0.05) is 0 Å². The van der Waals surface area contributed by atoms with E-state index in [0.29, 0.717) is 0 Å². The number of ether oxygens (including phenoxy) is 20. The number of methoxy groups -OCH3 is 20. The van der Waals surface area contributed by atoms with Crippen LogP contribution in [0.25, 0.3) is 0 Å². The fourth-order valence-corrected chi connectivity index (χ4v) is 25.2. The molecule has 0 fully saturated rings. The lowest BCUT2D eigenvalue weighted by Crippen LogP contribution is -2.52. The molecule has 20 unspecified atom stereocenters. The Kier molecular flexibility index (Phi) is 46.3. The Morgan fingerprint density at radius 2 is 0.220 bits per heavy atom. The molecule has 40 heteroatoms. The zero-order valence-corrected chi connectivity index (χ0v) is 91.5. The van der Waals surface area contributed by atoms with Crippen molar-refractivity contribution in [3.05, 3.63) is 0 Å². The molecule has 20 atom stereocenters. The van der Waals surface area contributed by atoms with Crippen LogP contribution < -0.4 is 0 Å². The zero-order chi connectivity index (χ0) is 111. The Morgan fingerprint density at radius 1 is 0.142 bits per heavy atom. The van der Waals surface area contributed by atoms with Gasteiger partial charge >= 0.3 is 119 Å². The maximum atomic E-state index is 15.3. The van der Waals surface area contributed by atoms with Crippen LogP contribution in [0.5, 0.6) is 0 Å². The van der Waals surface area contributed by atoms with Gasteiger partial charge in [0.1, 0.15) is 0 Å². The van der Waals surface area contributed by atoms with E-state index in [9.17, 15) is 47.9 Å². The summed E-state index contributed by atoms with van der Waals surface area (Å²) in [5, 5.41) is 0. The van der Waals surface area contributed by atoms with E-state index >= 15 is 47.9 Å². The third kappa shape index (κ3) is 30.3. The lowest BCUT2D eigenvalue weighted by Gasteiger charge is -2.47. The largest absolute Gasteiger partial charge is 0.469 e. The highest BCUT2D eigenvalue weighted by Crippen LogP contribution is 2.62. The number of hydrogen-bond acceptors (Lipinski definition) is 40. The average molecular weight is 2020 g/mol. The highest BCUT2D eigenvalue weighted by Gasteiger charge is 2.66. The molecule has 0 rings (SSSR count). The van der Waals surface area contributed by atoms with E-state index in [-0.39, 0.29) is 19.3 Å². The SMILES string of the molecule is CCC(C)(CC(C)(CC(C)(CC(C)(CC(C)(CC(C)(CC(C)(CC(C)(CC(C)(CC(C)(CC(C)(CC(C)(CC(C)(CC(C)(CC(C)(CC(C)(CC(C)(CC(C)(CC(C)(CC(C)C(=O)OC)C(=O)OC)C(=O)OC)C(=O)OC)C(=O)OC)C(=O)OC)C(=O)OC)C(=O)OC)C(=O)OC)C(=O)OC)C(=O)OC)C(=O)OC)C(=O)OC)C(=O)OC)C(=O)OC)C(=O)OC)C(=O)OC)C(=O)OC)C(=O)OC)C(=O)OC. The van der Waals surface area contributed by atoms with Gasteiger partial charge in [0.2, 0.25) is 0 Å². The molecule has 0 radical (unpaired) electrons. The van der Waals surface area contributed by atoms with Gasteiger partial charge in [0.15, 0.2) is 0 Å². The van der Waals surface area contributed by atoms with Crippen LogP contribution in [0.15, 0.2) is 0 Å². The zero-order valence-electron chi connectivity index (χ0n) is 91.5. The monoisotopic (exact) mass is 2020 g/mol. The molecule has 0 aliphatic rings. The third-order valence-corrected chi connectivity index (χ3v) is 29.1. The summed E-state index contributed by atoms with van der Waals surface area (Å²) in [4.78, 5) is 294. The van der Waals surface area contributed by atoms with Gasteiger partial charge in [0.05, 0.1) is 251 Å². The summed E-state index contributed by atoms with van der Waals surface area (Å²) in [6.45, 7) is 28.9. The predicted octanol–water partition coefficient (Wildman–Crippen LogP) is 12.0. The van der Waals surface area contributed by atoms with Crippen molar-refractivity contribution in [3.63, 3.8) is 0 Å². The topological polar surface area (TPSA) is 526 Å². The van der Waals surface area contributed by atoms with Crippen LogP contribution in [-0.4, -0.2) is 262 Å². The van der Waals surface area contributed by atoms with Crippen molar-refractivity contribution in [1.29, 1.82) is 0 Å². The summed E-state index contributed by atoms with van der Waals surface area (Å²) in [7, 11) is 20.7. The number of esters is 20. The maximum absolute atomic E-state index is 15.3. The molecule has 0 saturated carbocycles. The molecule has 0 heterocycles. The minimum Gasteiger partial charge on any atom is -0.469 e. The minimum absolute atomic E-state index is 0.149. The lowest BCUT2D eigenvalue weighted by atomic mass is 9.55. The molecule has 0 amide bonds. The third-order valence-electron chi connectivity index (χ3n) is 29.1. The molecule has 0 aliphatic heterocycles. The van der Waals surface area contributed by atoms with Gasteiger partial charge < -0.3 is 94.7 Å². The fraction of sp³-hybridized carbons (Fsp3) is 0.802. The molecule has 0 saturated heterocycles. The molecular formula is C101H164O40. The van der Waals surface area contributed by atoms with Crippen molar-refractivity contribution < 1.29 is 191 Å². The van der Waals surface area contributed by atoms with E-state index in [1.54, 1.807) is 13.8 Å². The van der Waals surface area contributed by atoms with Crippen LogP contribution in [0.1, 0.15) is 274 Å². The minimum atomic E-state index is -2.23. The Labute approximate surface area is 831 Å². The number of hydrogen-bond donors (Lipinski definition) is 0. The van der Waals surface area contributed by atoms with Gasteiger partial charge in [-0.05, 0) is 260 Å². The van der Waals surface area contributed by atoms with Crippen molar-refractivity contribution in [2.24, 2.45) is 109 Å². The first kappa shape index (κ1) is 130. The molecule has 0 aromatic rings. The van der Waals surface area contributed by atoms with Crippen LogP contribution in [0.2, 0.25) is 0 Å². The molecule has 808 valence electrons. The van der Waals surface area contributed by atoms with Crippen molar-refractivity contribution >= 4 is 119 Å². The predicted molar refractivity (Wildman–Crippen MR) is 502 cm³/mol. The van der Waals surface area contributed by atoms with Crippen molar-refractivity contribution in [3.8, 4) is 0 Å². The molecule has 141 heavy (non-hydrogen) atoms. The van der Waals surface area contributed by atoms with E-state index in [2.05, 4.69) is 0 Å².